The predicted octanol–water partition coefficient (Wildman–Crippen LogP) is 4.79. The van der Waals surface area contributed by atoms with E-state index in [0.29, 0.717) is 11.8 Å². The maximum Gasteiger partial charge on any atom is 0.224 e. The fraction of sp³-hybridized carbons (Fsp3) is 0.381. The van der Waals surface area contributed by atoms with E-state index in [2.05, 4.69) is 71.5 Å². The summed E-state index contributed by atoms with van der Waals surface area (Å²) in [5, 5.41) is 3.16. The molecule has 0 bridgehead atoms. The van der Waals surface area contributed by atoms with Gasteiger partial charge in [-0.2, -0.15) is 0 Å². The van der Waals surface area contributed by atoms with Gasteiger partial charge in [0.1, 0.15) is 0 Å². The summed E-state index contributed by atoms with van der Waals surface area (Å²) >= 11 is 3.48. The van der Waals surface area contributed by atoms with Gasteiger partial charge < -0.3 is 5.32 Å². The van der Waals surface area contributed by atoms with E-state index in [1.807, 2.05) is 18.2 Å². The van der Waals surface area contributed by atoms with Gasteiger partial charge in [-0.05, 0) is 47.4 Å². The highest BCUT2D eigenvalue weighted by Gasteiger charge is 2.38. The molecule has 1 N–H and O–H groups in total. The third kappa shape index (κ3) is 3.72. The number of hydrogen-bond acceptors (Lipinski definition) is 1. The Kier molecular flexibility index (Phi) is 5.40. The fourth-order valence-electron chi connectivity index (χ4n) is 3.77. The second-order valence-corrected chi connectivity index (χ2v) is 7.87. The summed E-state index contributed by atoms with van der Waals surface area (Å²) in [6.45, 7) is 5.29. The first-order chi connectivity index (χ1) is 11.6. The van der Waals surface area contributed by atoms with Crippen LogP contribution in [0.3, 0.4) is 0 Å². The number of amides is 1. The van der Waals surface area contributed by atoms with Gasteiger partial charge in [0.25, 0.3) is 0 Å². The molecule has 0 saturated carbocycles. The highest BCUT2D eigenvalue weighted by Crippen LogP contribution is 2.39. The molecule has 0 aromatic heterocycles. The summed E-state index contributed by atoms with van der Waals surface area (Å²) in [5.74, 6) is 1.31. The summed E-state index contributed by atoms with van der Waals surface area (Å²) in [7, 11) is 0. The molecule has 0 aliphatic carbocycles. The third-order valence-electron chi connectivity index (χ3n) is 5.39. The number of hydrogen-bond donors (Lipinski definition) is 1. The van der Waals surface area contributed by atoms with Crippen LogP contribution >= 0.6 is 15.9 Å². The van der Waals surface area contributed by atoms with Gasteiger partial charge in [-0.15, -0.1) is 0 Å². The van der Waals surface area contributed by atoms with Gasteiger partial charge in [0, 0.05) is 16.9 Å². The number of benzene rings is 2. The van der Waals surface area contributed by atoms with Crippen LogP contribution in [0.1, 0.15) is 30.9 Å². The molecular formula is C21H24BrNO. The lowest BCUT2D eigenvalue weighted by atomic mass is 9.72. The van der Waals surface area contributed by atoms with Crippen LogP contribution in [0, 0.1) is 17.8 Å². The van der Waals surface area contributed by atoms with Crippen molar-refractivity contribution in [2.24, 2.45) is 17.8 Å². The highest BCUT2D eigenvalue weighted by molar-refractivity contribution is 9.10. The van der Waals surface area contributed by atoms with E-state index in [-0.39, 0.29) is 17.7 Å². The molecule has 0 unspecified atom stereocenters. The molecule has 2 aromatic carbocycles. The van der Waals surface area contributed by atoms with Crippen molar-refractivity contribution in [3.8, 4) is 0 Å². The van der Waals surface area contributed by atoms with E-state index in [4.69, 9.17) is 0 Å². The normalized spacial score (nSPS) is 27.4. The van der Waals surface area contributed by atoms with Crippen molar-refractivity contribution < 1.29 is 4.79 Å². The van der Waals surface area contributed by atoms with E-state index >= 15 is 0 Å². The minimum Gasteiger partial charge on any atom is -0.356 e. The smallest absolute Gasteiger partial charge is 0.224 e. The minimum atomic E-state index is -0.0338. The minimum absolute atomic E-state index is 0.0338. The second-order valence-electron chi connectivity index (χ2n) is 6.96. The summed E-state index contributed by atoms with van der Waals surface area (Å²) < 4.78 is 1.07. The van der Waals surface area contributed by atoms with Crippen LogP contribution in [0.4, 0.5) is 0 Å². The van der Waals surface area contributed by atoms with Gasteiger partial charge in [0.2, 0.25) is 5.91 Å². The zero-order valence-electron chi connectivity index (χ0n) is 14.2. The Morgan fingerprint density at radius 1 is 1.04 bits per heavy atom. The van der Waals surface area contributed by atoms with Crippen LogP contribution in [-0.4, -0.2) is 12.5 Å². The first kappa shape index (κ1) is 17.2. The number of carbonyl (C=O) groups is 1. The van der Waals surface area contributed by atoms with E-state index in [1.54, 1.807) is 0 Å². The average molecular weight is 386 g/mol. The van der Waals surface area contributed by atoms with E-state index in [1.165, 1.54) is 11.1 Å². The Bertz CT molecular complexity index is 683. The van der Waals surface area contributed by atoms with Crippen molar-refractivity contribution in [1.29, 1.82) is 0 Å². The van der Waals surface area contributed by atoms with Crippen molar-refractivity contribution in [3.63, 3.8) is 0 Å². The lowest BCUT2D eigenvalue weighted by Crippen LogP contribution is -2.33. The lowest BCUT2D eigenvalue weighted by molar-refractivity contribution is -0.125. The summed E-state index contributed by atoms with van der Waals surface area (Å²) in [4.78, 5) is 12.8. The zero-order valence-corrected chi connectivity index (χ0v) is 15.8. The molecule has 3 heteroatoms. The van der Waals surface area contributed by atoms with Crippen LogP contribution in [0.2, 0.25) is 0 Å². The monoisotopic (exact) mass is 385 g/mol. The predicted molar refractivity (Wildman–Crippen MR) is 102 cm³/mol. The molecule has 126 valence electrons. The first-order valence-electron chi connectivity index (χ1n) is 8.63. The first-order valence-corrected chi connectivity index (χ1v) is 9.42. The second kappa shape index (κ2) is 7.52. The van der Waals surface area contributed by atoms with Crippen LogP contribution in [0.5, 0.6) is 0 Å². The molecule has 1 aliphatic heterocycles. The highest BCUT2D eigenvalue weighted by atomic mass is 79.9. The molecule has 2 aromatic rings. The molecule has 0 spiro atoms. The molecule has 2 nitrogen and oxygen atoms in total. The van der Waals surface area contributed by atoms with Crippen LogP contribution < -0.4 is 5.32 Å². The number of carbonyl (C=O) groups excluding carboxylic acids is 1. The molecule has 1 saturated heterocycles. The Hall–Kier alpha value is -1.61. The molecule has 0 radical (unpaired) electrons. The number of rotatable bonds is 3. The van der Waals surface area contributed by atoms with Gasteiger partial charge in [-0.1, -0.05) is 72.2 Å². The number of halogens is 1. The average Bonchev–Trinajstić information content (AvgIpc) is 2.70. The SMILES string of the molecule is C[C@H]1[C@H](c2ccccc2)[C@@H](Cc2ccc(Br)cc2)C(=O)NC[C@@H]1C. The zero-order chi connectivity index (χ0) is 17.1. The molecule has 1 amide bonds. The molecule has 1 heterocycles. The summed E-state index contributed by atoms with van der Waals surface area (Å²) in [5.41, 5.74) is 2.48. The van der Waals surface area contributed by atoms with Crippen molar-refractivity contribution >= 4 is 21.8 Å². The van der Waals surface area contributed by atoms with Gasteiger partial charge in [-0.3, -0.25) is 4.79 Å². The molecular weight excluding hydrogens is 362 g/mol. The fourth-order valence-corrected chi connectivity index (χ4v) is 4.03. The molecule has 1 aliphatic rings. The van der Waals surface area contributed by atoms with Gasteiger partial charge in [0.05, 0.1) is 0 Å². The maximum atomic E-state index is 12.8. The summed E-state index contributed by atoms with van der Waals surface area (Å²) in [6, 6.07) is 18.8. The largest absolute Gasteiger partial charge is 0.356 e. The van der Waals surface area contributed by atoms with Crippen molar-refractivity contribution in [2.45, 2.75) is 26.2 Å². The van der Waals surface area contributed by atoms with E-state index in [9.17, 15) is 4.79 Å². The van der Waals surface area contributed by atoms with E-state index in [0.717, 1.165) is 17.4 Å². The molecule has 1 fully saturated rings. The molecule has 3 rings (SSSR count). The van der Waals surface area contributed by atoms with Gasteiger partial charge in [-0.25, -0.2) is 0 Å². The quantitative estimate of drug-likeness (QED) is 0.807. The summed E-state index contributed by atoms with van der Waals surface area (Å²) in [6.07, 6.45) is 0.774. The van der Waals surface area contributed by atoms with Crippen LogP contribution in [-0.2, 0) is 11.2 Å². The molecule has 4 atom stereocenters. The van der Waals surface area contributed by atoms with Crippen LogP contribution in [0.15, 0.2) is 59.1 Å². The van der Waals surface area contributed by atoms with Crippen molar-refractivity contribution in [1.82, 2.24) is 5.32 Å². The Labute approximate surface area is 152 Å². The standard InChI is InChI=1S/C21H24BrNO/c1-14-13-23-21(24)19(12-16-8-10-18(22)11-9-16)20(15(14)2)17-6-4-3-5-7-17/h3-11,14-15,19-20H,12-13H2,1-2H3,(H,23,24)/t14-,15+,19+,20+/m0/s1. The third-order valence-corrected chi connectivity index (χ3v) is 5.91. The number of nitrogens with one attached hydrogen (secondary N) is 1. The van der Waals surface area contributed by atoms with Crippen LogP contribution in [0.25, 0.3) is 0 Å². The van der Waals surface area contributed by atoms with E-state index < -0.39 is 0 Å². The van der Waals surface area contributed by atoms with Crippen molar-refractivity contribution in [3.05, 3.63) is 70.2 Å². The van der Waals surface area contributed by atoms with Gasteiger partial charge >= 0.3 is 0 Å². The Morgan fingerprint density at radius 2 is 1.71 bits per heavy atom. The Morgan fingerprint density at radius 3 is 2.38 bits per heavy atom. The topological polar surface area (TPSA) is 29.1 Å². The lowest BCUT2D eigenvalue weighted by Gasteiger charge is -2.31. The maximum absolute atomic E-state index is 12.8. The van der Waals surface area contributed by atoms with Gasteiger partial charge in [0.15, 0.2) is 0 Å². The molecule has 24 heavy (non-hydrogen) atoms. The van der Waals surface area contributed by atoms with Crippen molar-refractivity contribution in [2.75, 3.05) is 6.54 Å². The Balaban J connectivity index is 1.97.